The monoisotopic (exact) mass is 420 g/mol. The Hall–Kier alpha value is -3.36. The molecule has 8 nitrogen and oxygen atoms in total. The summed E-state index contributed by atoms with van der Waals surface area (Å²) in [5.74, 6) is -1.98. The van der Waals surface area contributed by atoms with E-state index in [1.807, 2.05) is 31.3 Å². The van der Waals surface area contributed by atoms with Crippen LogP contribution in [0.1, 0.15) is 50.7 Å². The summed E-state index contributed by atoms with van der Waals surface area (Å²) in [7, 11) is 1.91. The third-order valence-corrected chi connectivity index (χ3v) is 5.73. The minimum atomic E-state index is -0.950. The standard InChI is InChI=1S/C23H24N4O4/c1-24-18(15-5-3-2-4-6-15)13-25-12-14-7-8-16-17(11-14)23(31)27(22(16)30)19-9-10-20(28)26-21(19)29/h2-8,11,18-19,24-25H,9-10,12-13H2,1H3,(H,26,28,29). The Morgan fingerprint density at radius 1 is 1.03 bits per heavy atom. The number of hydrogen-bond acceptors (Lipinski definition) is 6. The number of piperidine rings is 1. The van der Waals surface area contributed by atoms with Crippen LogP contribution in [0, 0.1) is 0 Å². The Balaban J connectivity index is 1.43. The molecule has 3 N–H and O–H groups in total. The molecule has 2 heterocycles. The number of imide groups is 2. The van der Waals surface area contributed by atoms with E-state index in [-0.39, 0.29) is 30.4 Å². The van der Waals surface area contributed by atoms with Crippen LogP contribution in [0.5, 0.6) is 0 Å². The SMILES string of the molecule is CNC(CNCc1ccc2c(c1)C(=O)N(C1CCC(=O)NC1=O)C2=O)c1ccccc1. The van der Waals surface area contributed by atoms with E-state index < -0.39 is 23.8 Å². The van der Waals surface area contributed by atoms with Crippen molar-refractivity contribution in [3.8, 4) is 0 Å². The van der Waals surface area contributed by atoms with Gasteiger partial charge in [-0.15, -0.1) is 0 Å². The van der Waals surface area contributed by atoms with E-state index in [0.29, 0.717) is 18.7 Å². The summed E-state index contributed by atoms with van der Waals surface area (Å²) in [5, 5.41) is 8.86. The smallest absolute Gasteiger partial charge is 0.262 e. The highest BCUT2D eigenvalue weighted by Gasteiger charge is 2.44. The van der Waals surface area contributed by atoms with Crippen LogP contribution in [0.2, 0.25) is 0 Å². The zero-order valence-corrected chi connectivity index (χ0v) is 17.2. The molecule has 2 atom stereocenters. The summed E-state index contributed by atoms with van der Waals surface area (Å²) >= 11 is 0. The zero-order chi connectivity index (χ0) is 22.0. The van der Waals surface area contributed by atoms with Gasteiger partial charge in [-0.25, -0.2) is 0 Å². The maximum absolute atomic E-state index is 12.9. The number of fused-ring (bicyclic) bond motifs is 1. The van der Waals surface area contributed by atoms with Gasteiger partial charge in [0.2, 0.25) is 11.8 Å². The molecule has 2 unspecified atom stereocenters. The number of likely N-dealkylation sites (N-methyl/N-ethyl adjacent to an activating group) is 1. The molecule has 0 saturated carbocycles. The maximum Gasteiger partial charge on any atom is 0.262 e. The summed E-state index contributed by atoms with van der Waals surface area (Å²) in [6, 6.07) is 14.4. The number of nitrogens with one attached hydrogen (secondary N) is 3. The second-order valence-electron chi connectivity index (χ2n) is 7.71. The molecule has 2 aliphatic rings. The van der Waals surface area contributed by atoms with E-state index in [2.05, 4.69) is 28.1 Å². The lowest BCUT2D eigenvalue weighted by molar-refractivity contribution is -0.136. The van der Waals surface area contributed by atoms with E-state index in [1.54, 1.807) is 12.1 Å². The molecule has 0 bridgehead atoms. The average molecular weight is 420 g/mol. The van der Waals surface area contributed by atoms with Crippen molar-refractivity contribution in [2.45, 2.75) is 31.5 Å². The fourth-order valence-corrected chi connectivity index (χ4v) is 4.06. The highest BCUT2D eigenvalue weighted by atomic mass is 16.2. The van der Waals surface area contributed by atoms with Crippen LogP contribution in [-0.4, -0.2) is 48.2 Å². The predicted octanol–water partition coefficient (Wildman–Crippen LogP) is 1.14. The molecule has 4 rings (SSSR count). The number of nitrogens with zero attached hydrogens (tertiary/aromatic N) is 1. The molecule has 0 aliphatic carbocycles. The Kier molecular flexibility index (Phi) is 5.92. The lowest BCUT2D eigenvalue weighted by Crippen LogP contribution is -2.54. The van der Waals surface area contributed by atoms with Gasteiger partial charge in [-0.3, -0.25) is 29.4 Å². The van der Waals surface area contributed by atoms with Crippen LogP contribution in [0.3, 0.4) is 0 Å². The van der Waals surface area contributed by atoms with Crippen LogP contribution >= 0.6 is 0 Å². The summed E-state index contributed by atoms with van der Waals surface area (Å²) < 4.78 is 0. The quantitative estimate of drug-likeness (QED) is 0.580. The number of amides is 4. The van der Waals surface area contributed by atoms with Crippen LogP contribution in [-0.2, 0) is 16.1 Å². The van der Waals surface area contributed by atoms with Gasteiger partial charge in [-0.1, -0.05) is 36.4 Å². The topological polar surface area (TPSA) is 108 Å². The zero-order valence-electron chi connectivity index (χ0n) is 17.2. The normalized spacial score (nSPS) is 19.4. The van der Waals surface area contributed by atoms with Gasteiger partial charge in [-0.05, 0) is 36.7 Å². The number of hydrogen-bond donors (Lipinski definition) is 3. The fraction of sp³-hybridized carbons (Fsp3) is 0.304. The lowest BCUT2D eigenvalue weighted by atomic mass is 10.0. The van der Waals surface area contributed by atoms with Crippen LogP contribution in [0.15, 0.2) is 48.5 Å². The van der Waals surface area contributed by atoms with Crippen molar-refractivity contribution in [2.75, 3.05) is 13.6 Å². The lowest BCUT2D eigenvalue weighted by Gasteiger charge is -2.27. The molecule has 8 heteroatoms. The first-order valence-electron chi connectivity index (χ1n) is 10.3. The van der Waals surface area contributed by atoms with Crippen molar-refractivity contribution >= 4 is 23.6 Å². The molecule has 2 aromatic rings. The largest absolute Gasteiger partial charge is 0.312 e. The maximum atomic E-state index is 12.9. The fourth-order valence-electron chi connectivity index (χ4n) is 4.06. The Morgan fingerprint density at radius 3 is 2.48 bits per heavy atom. The van der Waals surface area contributed by atoms with Gasteiger partial charge in [0.05, 0.1) is 11.1 Å². The summed E-state index contributed by atoms with van der Waals surface area (Å²) in [5.41, 5.74) is 2.62. The number of carbonyl (C=O) groups excluding carboxylic acids is 4. The summed E-state index contributed by atoms with van der Waals surface area (Å²) in [4.78, 5) is 50.2. The van der Waals surface area contributed by atoms with Crippen LogP contribution in [0.25, 0.3) is 0 Å². The third-order valence-electron chi connectivity index (χ3n) is 5.73. The van der Waals surface area contributed by atoms with Crippen LogP contribution in [0.4, 0.5) is 0 Å². The Bertz CT molecular complexity index is 1040. The first-order chi connectivity index (χ1) is 15.0. The molecule has 0 aromatic heterocycles. The molecular weight excluding hydrogens is 396 g/mol. The number of benzene rings is 2. The van der Waals surface area contributed by atoms with Crippen molar-refractivity contribution in [1.82, 2.24) is 20.9 Å². The Labute approximate surface area is 180 Å². The molecule has 0 radical (unpaired) electrons. The minimum absolute atomic E-state index is 0.104. The highest BCUT2D eigenvalue weighted by Crippen LogP contribution is 2.28. The van der Waals surface area contributed by atoms with Crippen molar-refractivity contribution in [3.05, 3.63) is 70.8 Å². The number of rotatable bonds is 7. The summed E-state index contributed by atoms with van der Waals surface area (Å²) in [6.07, 6.45) is 0.252. The van der Waals surface area contributed by atoms with Crippen LogP contribution < -0.4 is 16.0 Å². The van der Waals surface area contributed by atoms with Gasteiger partial charge < -0.3 is 10.6 Å². The molecule has 160 valence electrons. The Morgan fingerprint density at radius 2 is 1.77 bits per heavy atom. The van der Waals surface area contributed by atoms with Gasteiger partial charge in [-0.2, -0.15) is 0 Å². The second-order valence-corrected chi connectivity index (χ2v) is 7.71. The molecule has 4 amide bonds. The molecule has 31 heavy (non-hydrogen) atoms. The van der Waals surface area contributed by atoms with E-state index in [0.717, 1.165) is 10.5 Å². The minimum Gasteiger partial charge on any atom is -0.312 e. The van der Waals surface area contributed by atoms with E-state index in [4.69, 9.17) is 0 Å². The van der Waals surface area contributed by atoms with Crippen molar-refractivity contribution in [2.24, 2.45) is 0 Å². The molecular formula is C23H24N4O4. The van der Waals surface area contributed by atoms with Gasteiger partial charge >= 0.3 is 0 Å². The third kappa shape index (κ3) is 4.12. The van der Waals surface area contributed by atoms with Crippen molar-refractivity contribution in [1.29, 1.82) is 0 Å². The first-order valence-corrected chi connectivity index (χ1v) is 10.3. The molecule has 1 saturated heterocycles. The molecule has 1 fully saturated rings. The number of carbonyl (C=O) groups is 4. The van der Waals surface area contributed by atoms with E-state index in [9.17, 15) is 19.2 Å². The second kappa shape index (κ2) is 8.79. The predicted molar refractivity (Wildman–Crippen MR) is 113 cm³/mol. The first kappa shape index (κ1) is 20.9. The van der Waals surface area contributed by atoms with Gasteiger partial charge in [0, 0.05) is 25.6 Å². The van der Waals surface area contributed by atoms with Gasteiger partial charge in [0.25, 0.3) is 11.8 Å². The van der Waals surface area contributed by atoms with Gasteiger partial charge in [0.1, 0.15) is 6.04 Å². The van der Waals surface area contributed by atoms with Gasteiger partial charge in [0.15, 0.2) is 0 Å². The highest BCUT2D eigenvalue weighted by molar-refractivity contribution is 6.23. The summed E-state index contributed by atoms with van der Waals surface area (Å²) in [6.45, 7) is 1.21. The molecule has 0 spiro atoms. The van der Waals surface area contributed by atoms with E-state index in [1.165, 1.54) is 5.56 Å². The average Bonchev–Trinajstić information content (AvgIpc) is 3.02. The van der Waals surface area contributed by atoms with E-state index >= 15 is 0 Å². The molecule has 2 aliphatic heterocycles. The van der Waals surface area contributed by atoms with Crippen molar-refractivity contribution < 1.29 is 19.2 Å². The molecule has 2 aromatic carbocycles. The van der Waals surface area contributed by atoms with Crippen molar-refractivity contribution in [3.63, 3.8) is 0 Å².